The molecule has 0 spiro atoms. The topological polar surface area (TPSA) is 84.8 Å². The number of ether oxygens (including phenoxy) is 1. The summed E-state index contributed by atoms with van der Waals surface area (Å²) in [6.45, 7) is 4.57. The first-order valence-electron chi connectivity index (χ1n) is 12.7. The second kappa shape index (κ2) is 10.3. The van der Waals surface area contributed by atoms with Crippen LogP contribution in [0, 0.1) is 6.92 Å². The molecular weight excluding hydrogens is 474 g/mol. The van der Waals surface area contributed by atoms with E-state index in [1.54, 1.807) is 6.92 Å². The summed E-state index contributed by atoms with van der Waals surface area (Å²) in [7, 11) is 0. The molecule has 4 aromatic rings. The number of fused-ring (bicyclic) bond motifs is 2. The van der Waals surface area contributed by atoms with Crippen molar-refractivity contribution < 1.29 is 18.7 Å². The van der Waals surface area contributed by atoms with E-state index in [0.29, 0.717) is 41.3 Å². The number of aromatic nitrogens is 2. The average Bonchev–Trinajstić information content (AvgIpc) is 3.54. The molecule has 2 aromatic heterocycles. The molecule has 6 rings (SSSR count). The van der Waals surface area contributed by atoms with Gasteiger partial charge in [-0.1, -0.05) is 18.2 Å². The maximum atomic E-state index is 10.7. The highest BCUT2D eigenvalue weighted by Crippen LogP contribution is 2.36. The van der Waals surface area contributed by atoms with Crippen molar-refractivity contribution >= 4 is 22.7 Å². The predicted octanol–water partition coefficient (Wildman–Crippen LogP) is 5.45. The number of aliphatic hydroxyl groups excluding tert-OH is 1. The van der Waals surface area contributed by atoms with Gasteiger partial charge in [0.15, 0.2) is 5.76 Å². The summed E-state index contributed by atoms with van der Waals surface area (Å²) < 4.78 is 17.4. The minimum Gasteiger partial charge on any atom is -0.490 e. The van der Waals surface area contributed by atoms with Crippen LogP contribution in [0.2, 0.25) is 0 Å². The Kier molecular flexibility index (Phi) is 6.73. The SMILES string of the molecule is Cc1nnc(-c2cc3c(OCC(O)CN4CCC(c5ccc6c(c5)CCCS6)CC4)cccc3o2)o1. The van der Waals surface area contributed by atoms with E-state index in [9.17, 15) is 5.11 Å². The van der Waals surface area contributed by atoms with Crippen LogP contribution >= 0.6 is 11.8 Å². The lowest BCUT2D eigenvalue weighted by molar-refractivity contribution is 0.0599. The molecule has 1 atom stereocenters. The second-order valence-corrected chi connectivity index (χ2v) is 10.9. The molecule has 0 bridgehead atoms. The number of aryl methyl sites for hydroxylation is 2. The molecule has 36 heavy (non-hydrogen) atoms. The van der Waals surface area contributed by atoms with E-state index in [0.717, 1.165) is 31.3 Å². The van der Waals surface area contributed by atoms with E-state index in [1.165, 1.54) is 34.6 Å². The van der Waals surface area contributed by atoms with Gasteiger partial charge in [0.1, 0.15) is 24.0 Å². The summed E-state index contributed by atoms with van der Waals surface area (Å²) >= 11 is 1.99. The Labute approximate surface area is 214 Å². The zero-order valence-electron chi connectivity index (χ0n) is 20.5. The Morgan fingerprint density at radius 1 is 1.14 bits per heavy atom. The molecule has 0 aliphatic carbocycles. The normalized spacial score (nSPS) is 17.8. The second-order valence-electron chi connectivity index (χ2n) is 9.76. The standard InChI is InChI=1S/C28H31N3O4S/c1-18-29-30-28(34-18)26-15-23-24(5-2-6-25(23)35-26)33-17-22(32)16-31-11-9-19(10-12-31)20-7-8-27-21(14-20)4-3-13-36-27/h2,5-8,14-15,19,22,32H,3-4,9-13,16-17H2,1H3. The van der Waals surface area contributed by atoms with Crippen LogP contribution in [0.5, 0.6) is 5.75 Å². The van der Waals surface area contributed by atoms with Crippen molar-refractivity contribution in [1.29, 1.82) is 0 Å². The molecule has 1 fully saturated rings. The van der Waals surface area contributed by atoms with Crippen molar-refractivity contribution in [1.82, 2.24) is 15.1 Å². The number of nitrogens with zero attached hydrogens (tertiary/aromatic N) is 3. The largest absolute Gasteiger partial charge is 0.490 e. The summed E-state index contributed by atoms with van der Waals surface area (Å²) in [6.07, 6.45) is 4.19. The van der Waals surface area contributed by atoms with Gasteiger partial charge in [-0.3, -0.25) is 0 Å². The van der Waals surface area contributed by atoms with Crippen LogP contribution in [-0.2, 0) is 6.42 Å². The molecular formula is C28H31N3O4S. The van der Waals surface area contributed by atoms with Crippen LogP contribution in [0.1, 0.15) is 42.2 Å². The van der Waals surface area contributed by atoms with Gasteiger partial charge in [-0.25, -0.2) is 0 Å². The lowest BCUT2D eigenvalue weighted by Crippen LogP contribution is -2.40. The van der Waals surface area contributed by atoms with Gasteiger partial charge < -0.3 is 23.6 Å². The molecule has 0 saturated carbocycles. The third-order valence-electron chi connectivity index (χ3n) is 7.15. The van der Waals surface area contributed by atoms with Gasteiger partial charge >= 0.3 is 0 Å². The van der Waals surface area contributed by atoms with Crippen molar-refractivity contribution in [2.75, 3.05) is 32.0 Å². The number of aliphatic hydroxyl groups is 1. The molecule has 0 amide bonds. The summed E-state index contributed by atoms with van der Waals surface area (Å²) in [6, 6.07) is 14.6. The monoisotopic (exact) mass is 505 g/mol. The van der Waals surface area contributed by atoms with Crippen molar-refractivity contribution in [2.45, 2.75) is 49.5 Å². The number of likely N-dealkylation sites (tertiary alicyclic amines) is 1. The van der Waals surface area contributed by atoms with E-state index in [-0.39, 0.29) is 6.61 Å². The first-order chi connectivity index (χ1) is 17.6. The van der Waals surface area contributed by atoms with Gasteiger partial charge in [-0.05, 0) is 79.8 Å². The third-order valence-corrected chi connectivity index (χ3v) is 8.35. The van der Waals surface area contributed by atoms with Crippen molar-refractivity contribution in [3.63, 3.8) is 0 Å². The van der Waals surface area contributed by atoms with E-state index in [1.807, 2.05) is 36.0 Å². The molecule has 4 heterocycles. The molecule has 0 radical (unpaired) electrons. The van der Waals surface area contributed by atoms with Gasteiger partial charge in [-0.15, -0.1) is 22.0 Å². The van der Waals surface area contributed by atoms with E-state index in [2.05, 4.69) is 33.3 Å². The Morgan fingerprint density at radius 3 is 2.86 bits per heavy atom. The van der Waals surface area contributed by atoms with E-state index in [4.69, 9.17) is 13.6 Å². The van der Waals surface area contributed by atoms with Gasteiger partial charge in [0.05, 0.1) is 5.39 Å². The summed E-state index contributed by atoms with van der Waals surface area (Å²) in [5.41, 5.74) is 3.70. The number of hydrogen-bond donors (Lipinski definition) is 1. The smallest absolute Gasteiger partial charge is 0.283 e. The lowest BCUT2D eigenvalue weighted by atomic mass is 9.88. The number of thioether (sulfide) groups is 1. The maximum Gasteiger partial charge on any atom is 0.283 e. The highest BCUT2D eigenvalue weighted by Gasteiger charge is 2.24. The summed E-state index contributed by atoms with van der Waals surface area (Å²) in [4.78, 5) is 3.82. The molecule has 2 aliphatic rings. The minimum absolute atomic E-state index is 0.224. The first kappa shape index (κ1) is 23.6. The number of piperidine rings is 1. The van der Waals surface area contributed by atoms with Crippen LogP contribution in [0.4, 0.5) is 0 Å². The first-order valence-corrected chi connectivity index (χ1v) is 13.7. The fraction of sp³-hybridized carbons (Fsp3) is 0.429. The molecule has 2 aromatic carbocycles. The zero-order chi connectivity index (χ0) is 24.5. The number of benzene rings is 2. The Bertz CT molecular complexity index is 1340. The Hall–Kier alpha value is -2.81. The van der Waals surface area contributed by atoms with Crippen molar-refractivity contribution in [3.8, 4) is 17.4 Å². The van der Waals surface area contributed by atoms with Gasteiger partial charge in [0.25, 0.3) is 5.89 Å². The van der Waals surface area contributed by atoms with E-state index < -0.39 is 6.10 Å². The Balaban J connectivity index is 1.03. The average molecular weight is 506 g/mol. The van der Waals surface area contributed by atoms with E-state index >= 15 is 0 Å². The van der Waals surface area contributed by atoms with Crippen LogP contribution in [0.25, 0.3) is 22.6 Å². The molecule has 188 valence electrons. The highest BCUT2D eigenvalue weighted by molar-refractivity contribution is 7.99. The number of β-amino-alcohol motifs (C(OH)–C–C–N with tert-alkyl or cyclic N) is 1. The van der Waals surface area contributed by atoms with Crippen molar-refractivity contribution in [3.05, 3.63) is 59.5 Å². The molecule has 2 aliphatic heterocycles. The number of hydrogen-bond acceptors (Lipinski definition) is 8. The van der Waals surface area contributed by atoms with Crippen LogP contribution in [0.3, 0.4) is 0 Å². The van der Waals surface area contributed by atoms with Crippen molar-refractivity contribution in [2.24, 2.45) is 0 Å². The van der Waals surface area contributed by atoms with Gasteiger partial charge in [0.2, 0.25) is 5.89 Å². The number of rotatable bonds is 7. The zero-order valence-corrected chi connectivity index (χ0v) is 21.3. The van der Waals surface area contributed by atoms with Crippen LogP contribution in [-0.4, -0.2) is 58.3 Å². The summed E-state index contributed by atoms with van der Waals surface area (Å²) in [5, 5.41) is 19.4. The van der Waals surface area contributed by atoms with Gasteiger partial charge in [-0.2, -0.15) is 0 Å². The molecule has 8 heteroatoms. The fourth-order valence-electron chi connectivity index (χ4n) is 5.28. The molecule has 1 N–H and O–H groups in total. The van der Waals surface area contributed by atoms with Crippen LogP contribution in [0.15, 0.2) is 56.2 Å². The maximum absolute atomic E-state index is 10.7. The predicted molar refractivity (Wildman–Crippen MR) is 140 cm³/mol. The summed E-state index contributed by atoms with van der Waals surface area (Å²) in [5.74, 6) is 3.85. The third kappa shape index (κ3) is 5.03. The molecule has 1 unspecified atom stereocenters. The van der Waals surface area contributed by atoms with Gasteiger partial charge in [0, 0.05) is 24.4 Å². The Morgan fingerprint density at radius 2 is 2.03 bits per heavy atom. The molecule has 7 nitrogen and oxygen atoms in total. The minimum atomic E-state index is -0.567. The molecule has 1 saturated heterocycles. The quantitative estimate of drug-likeness (QED) is 0.355. The van der Waals surface area contributed by atoms with Crippen LogP contribution < -0.4 is 4.74 Å². The highest BCUT2D eigenvalue weighted by atomic mass is 32.2. The number of furan rings is 1. The fourth-order valence-corrected chi connectivity index (χ4v) is 6.30. The lowest BCUT2D eigenvalue weighted by Gasteiger charge is -2.33.